The summed E-state index contributed by atoms with van der Waals surface area (Å²) in [5, 5.41) is 9.30. The smallest absolute Gasteiger partial charge is 0.335 e. The monoisotopic (exact) mass is 242 g/mol. The van der Waals surface area contributed by atoms with Crippen molar-refractivity contribution >= 4 is 24.9 Å². The zero-order valence-electron chi connectivity index (χ0n) is 10.1. The molecule has 1 N–H and O–H groups in total. The number of carboxylic acid groups (broad SMARTS) is 1. The van der Waals surface area contributed by atoms with E-state index in [0.29, 0.717) is 29.8 Å². The molecule has 1 aliphatic heterocycles. The van der Waals surface area contributed by atoms with Gasteiger partial charge in [-0.25, -0.2) is 4.79 Å². The third-order valence-corrected chi connectivity index (χ3v) is 3.12. The lowest BCUT2D eigenvalue weighted by molar-refractivity contribution is -0.130. The van der Waals surface area contributed by atoms with Gasteiger partial charge < -0.3 is 9.84 Å². The Morgan fingerprint density at radius 1 is 1.28 bits per heavy atom. The number of ether oxygens (including phenoxy) is 1. The van der Waals surface area contributed by atoms with Crippen molar-refractivity contribution in [2.75, 3.05) is 13.2 Å². The zero-order valence-corrected chi connectivity index (χ0v) is 10.1. The number of hydrogen-bond acceptors (Lipinski definition) is 2. The van der Waals surface area contributed by atoms with Gasteiger partial charge in [0.2, 0.25) is 0 Å². The fraction of sp³-hybridized carbons (Fsp3) is 0.357. The second-order valence-electron chi connectivity index (χ2n) is 4.46. The molecule has 1 heterocycles. The van der Waals surface area contributed by atoms with Crippen molar-refractivity contribution in [3.05, 3.63) is 35.9 Å². The molecule has 0 aromatic heterocycles. The van der Waals surface area contributed by atoms with E-state index in [1.165, 1.54) is 0 Å². The molecule has 1 aromatic carbocycles. The highest BCUT2D eigenvalue weighted by molar-refractivity contribution is 6.32. The van der Waals surface area contributed by atoms with E-state index >= 15 is 0 Å². The normalized spacial score (nSPS) is 17.7. The van der Waals surface area contributed by atoms with Crippen LogP contribution in [0, 0.1) is 5.92 Å². The Hall–Kier alpha value is -1.55. The summed E-state index contributed by atoms with van der Waals surface area (Å²) in [6.07, 6.45) is 3.61. The first-order valence-electron chi connectivity index (χ1n) is 6.05. The van der Waals surface area contributed by atoms with E-state index in [4.69, 9.17) is 12.6 Å². The maximum atomic E-state index is 11.3. The first-order chi connectivity index (χ1) is 8.66. The van der Waals surface area contributed by atoms with Crippen molar-refractivity contribution in [1.29, 1.82) is 0 Å². The van der Waals surface area contributed by atoms with Gasteiger partial charge in [-0.3, -0.25) is 0 Å². The first-order valence-corrected chi connectivity index (χ1v) is 6.05. The summed E-state index contributed by atoms with van der Waals surface area (Å²) >= 11 is 0. The van der Waals surface area contributed by atoms with Crippen LogP contribution in [0.5, 0.6) is 0 Å². The predicted octanol–water partition coefficient (Wildman–Crippen LogP) is 1.38. The van der Waals surface area contributed by atoms with Gasteiger partial charge in [-0.15, -0.1) is 0 Å². The molecule has 1 saturated heterocycles. The number of carbonyl (C=O) groups is 1. The van der Waals surface area contributed by atoms with E-state index in [2.05, 4.69) is 0 Å². The van der Waals surface area contributed by atoms with Crippen molar-refractivity contribution in [3.63, 3.8) is 0 Å². The molecule has 1 fully saturated rings. The van der Waals surface area contributed by atoms with E-state index in [1.54, 1.807) is 24.3 Å². The van der Waals surface area contributed by atoms with Crippen LogP contribution in [-0.2, 0) is 9.53 Å². The number of hydrogen-bond donors (Lipinski definition) is 1. The van der Waals surface area contributed by atoms with Gasteiger partial charge in [0, 0.05) is 13.2 Å². The van der Waals surface area contributed by atoms with Crippen LogP contribution >= 0.6 is 0 Å². The molecule has 18 heavy (non-hydrogen) atoms. The minimum Gasteiger partial charge on any atom is -0.478 e. The van der Waals surface area contributed by atoms with Gasteiger partial charge in [0.15, 0.2) is 0 Å². The molecule has 0 atom stereocenters. The summed E-state index contributed by atoms with van der Waals surface area (Å²) in [5.74, 6) is -0.617. The number of allylic oxidation sites excluding steroid dienone is 1. The number of rotatable bonds is 3. The van der Waals surface area contributed by atoms with Crippen LogP contribution in [0.15, 0.2) is 30.3 Å². The van der Waals surface area contributed by atoms with Crippen LogP contribution in [-0.4, -0.2) is 32.1 Å². The molecule has 0 bridgehead atoms. The van der Waals surface area contributed by atoms with Crippen LogP contribution in [0.3, 0.4) is 0 Å². The fourth-order valence-corrected chi connectivity index (χ4v) is 2.07. The quantitative estimate of drug-likeness (QED) is 0.643. The molecule has 4 heteroatoms. The molecular weight excluding hydrogens is 227 g/mol. The lowest BCUT2D eigenvalue weighted by Gasteiger charge is -2.19. The molecule has 0 unspecified atom stereocenters. The fourth-order valence-electron chi connectivity index (χ4n) is 2.07. The summed E-state index contributed by atoms with van der Waals surface area (Å²) in [6, 6.07) is 6.93. The molecule has 3 nitrogen and oxygen atoms in total. The molecule has 92 valence electrons. The first kappa shape index (κ1) is 12.9. The topological polar surface area (TPSA) is 46.5 Å². The van der Waals surface area contributed by atoms with Crippen LogP contribution in [0.1, 0.15) is 18.4 Å². The van der Waals surface area contributed by atoms with Crippen molar-refractivity contribution < 1.29 is 14.6 Å². The van der Waals surface area contributed by atoms with Crippen LogP contribution in [0.4, 0.5) is 0 Å². The number of benzene rings is 1. The zero-order chi connectivity index (χ0) is 13.0. The number of carboxylic acids is 1. The van der Waals surface area contributed by atoms with Gasteiger partial charge in [0.25, 0.3) is 0 Å². The lowest BCUT2D eigenvalue weighted by Crippen LogP contribution is -2.15. The van der Waals surface area contributed by atoms with Crippen molar-refractivity contribution in [2.24, 2.45) is 5.92 Å². The second kappa shape index (κ2) is 5.87. The second-order valence-corrected chi connectivity index (χ2v) is 4.46. The summed E-state index contributed by atoms with van der Waals surface area (Å²) < 4.78 is 5.27. The molecule has 0 spiro atoms. The Morgan fingerprint density at radius 2 is 1.89 bits per heavy atom. The van der Waals surface area contributed by atoms with E-state index in [1.807, 2.05) is 6.08 Å². The average molecular weight is 242 g/mol. The van der Waals surface area contributed by atoms with Crippen molar-refractivity contribution in [2.45, 2.75) is 12.8 Å². The molecule has 0 aliphatic carbocycles. The molecule has 0 amide bonds. The maximum absolute atomic E-state index is 11.3. The summed E-state index contributed by atoms with van der Waals surface area (Å²) in [5.41, 5.74) is 1.68. The highest BCUT2D eigenvalue weighted by atomic mass is 16.5. The third kappa shape index (κ3) is 3.23. The van der Waals surface area contributed by atoms with Crippen LogP contribution in [0.2, 0.25) is 0 Å². The van der Waals surface area contributed by atoms with Gasteiger partial charge in [0.1, 0.15) is 7.85 Å². The highest BCUT2D eigenvalue weighted by Crippen LogP contribution is 2.22. The minimum absolute atomic E-state index is 0.280. The standard InChI is InChI=1S/C14H15BO3/c15-12-3-1-11(2-4-12)13(14(16)17)9-10-5-7-18-8-6-10/h1-4,9-10H,5-8H2,(H,16,17)/b13-9+. The Bertz CT molecular complexity index is 445. The Labute approximate surface area is 108 Å². The van der Waals surface area contributed by atoms with Crippen LogP contribution < -0.4 is 5.46 Å². The van der Waals surface area contributed by atoms with Gasteiger partial charge in [-0.2, -0.15) is 0 Å². The summed E-state index contributed by atoms with van der Waals surface area (Å²) in [4.78, 5) is 11.3. The molecule has 2 radical (unpaired) electrons. The van der Waals surface area contributed by atoms with E-state index in [9.17, 15) is 9.90 Å². The SMILES string of the molecule is [B]c1ccc(/C(=C\C2CCOCC2)C(=O)O)cc1. The van der Waals surface area contributed by atoms with Crippen LogP contribution in [0.25, 0.3) is 5.57 Å². The highest BCUT2D eigenvalue weighted by Gasteiger charge is 2.16. The summed E-state index contributed by atoms with van der Waals surface area (Å²) in [6.45, 7) is 1.41. The largest absolute Gasteiger partial charge is 0.478 e. The average Bonchev–Trinajstić information content (AvgIpc) is 2.38. The maximum Gasteiger partial charge on any atom is 0.335 e. The molecule has 0 saturated carbocycles. The van der Waals surface area contributed by atoms with Crippen molar-refractivity contribution in [1.82, 2.24) is 0 Å². The third-order valence-electron chi connectivity index (χ3n) is 3.12. The van der Waals surface area contributed by atoms with Crippen molar-refractivity contribution in [3.8, 4) is 0 Å². The Morgan fingerprint density at radius 3 is 2.44 bits per heavy atom. The Kier molecular flexibility index (Phi) is 4.21. The van der Waals surface area contributed by atoms with Gasteiger partial charge in [-0.05, 0) is 24.3 Å². The lowest BCUT2D eigenvalue weighted by atomic mass is 9.91. The minimum atomic E-state index is -0.897. The van der Waals surface area contributed by atoms with E-state index < -0.39 is 5.97 Å². The predicted molar refractivity (Wildman–Crippen MR) is 71.0 cm³/mol. The van der Waals surface area contributed by atoms with E-state index in [-0.39, 0.29) is 5.92 Å². The molecular formula is C14H15BO3. The molecule has 1 aliphatic rings. The van der Waals surface area contributed by atoms with Gasteiger partial charge in [-0.1, -0.05) is 35.8 Å². The summed E-state index contributed by atoms with van der Waals surface area (Å²) in [7, 11) is 5.60. The van der Waals surface area contributed by atoms with Gasteiger partial charge >= 0.3 is 5.97 Å². The van der Waals surface area contributed by atoms with Gasteiger partial charge in [0.05, 0.1) is 5.57 Å². The molecule has 2 rings (SSSR count). The van der Waals surface area contributed by atoms with E-state index in [0.717, 1.165) is 12.8 Å². The number of aliphatic carboxylic acids is 1. The molecule has 1 aromatic rings. The Balaban J connectivity index is 2.24.